The van der Waals surface area contributed by atoms with Gasteiger partial charge in [-0.3, -0.25) is 0 Å². The quantitative estimate of drug-likeness (QED) is 0.501. The standard InChI is InChI=1S/C31H44O3/c1-20(2)23-16-31-14-11-26-29(3,19-32)12-8-13-30(26,4)27(31)15-22(23)24-17-33-28(34-18-25(24)31)21-9-6-5-7-10-21/h5-7,9-10,16,20,22,24-28,32H,8,11-15,17-19H2,1-4H3/t22-,24+,25+,26-,27+,28?,29-,30-,31+/m0/s1. The predicted octanol–water partition coefficient (Wildman–Crippen LogP) is 6.78. The molecular weight excluding hydrogens is 420 g/mol. The first-order chi connectivity index (χ1) is 16.3. The molecule has 3 nitrogen and oxygen atoms in total. The molecule has 1 N–H and O–H groups in total. The molecule has 3 heteroatoms. The van der Waals surface area contributed by atoms with Gasteiger partial charge < -0.3 is 14.6 Å². The van der Waals surface area contributed by atoms with Crippen LogP contribution in [0, 0.1) is 51.8 Å². The van der Waals surface area contributed by atoms with E-state index in [1.165, 1.54) is 38.5 Å². The first-order valence-corrected chi connectivity index (χ1v) is 13.9. The van der Waals surface area contributed by atoms with Crippen LogP contribution in [0.5, 0.6) is 0 Å². The Kier molecular flexibility index (Phi) is 5.59. The summed E-state index contributed by atoms with van der Waals surface area (Å²) in [6.07, 6.45) is 10.1. The van der Waals surface area contributed by atoms with Crippen LogP contribution in [-0.2, 0) is 9.47 Å². The van der Waals surface area contributed by atoms with Gasteiger partial charge in [-0.2, -0.15) is 0 Å². The highest BCUT2D eigenvalue weighted by Crippen LogP contribution is 2.73. The maximum atomic E-state index is 10.5. The summed E-state index contributed by atoms with van der Waals surface area (Å²) in [5, 5.41) is 10.5. The van der Waals surface area contributed by atoms with Crippen LogP contribution in [0.3, 0.4) is 0 Å². The molecule has 7 rings (SSSR count). The molecule has 34 heavy (non-hydrogen) atoms. The van der Waals surface area contributed by atoms with Crippen molar-refractivity contribution in [2.75, 3.05) is 19.8 Å². The number of aliphatic hydroxyl groups excluding tert-OH is 1. The second-order valence-electron chi connectivity index (χ2n) is 13.2. The molecule has 6 aliphatic rings. The lowest BCUT2D eigenvalue weighted by Gasteiger charge is -2.70. The Morgan fingerprint density at radius 3 is 2.50 bits per heavy atom. The Morgan fingerprint density at radius 2 is 1.76 bits per heavy atom. The molecule has 1 spiro atoms. The fourth-order valence-electron chi connectivity index (χ4n) is 9.95. The smallest absolute Gasteiger partial charge is 0.183 e. The van der Waals surface area contributed by atoms with E-state index in [0.717, 1.165) is 18.8 Å². The van der Waals surface area contributed by atoms with Crippen LogP contribution < -0.4 is 0 Å². The number of hydrogen-bond acceptors (Lipinski definition) is 3. The first kappa shape index (κ1) is 23.3. The summed E-state index contributed by atoms with van der Waals surface area (Å²) in [5.41, 5.74) is 3.44. The monoisotopic (exact) mass is 464 g/mol. The van der Waals surface area contributed by atoms with Gasteiger partial charge in [-0.05, 0) is 83.9 Å². The van der Waals surface area contributed by atoms with Gasteiger partial charge in [-0.15, -0.1) is 0 Å². The Bertz CT molecular complexity index is 939. The zero-order chi connectivity index (χ0) is 23.7. The summed E-state index contributed by atoms with van der Waals surface area (Å²) in [7, 11) is 0. The number of hydrogen-bond donors (Lipinski definition) is 1. The maximum Gasteiger partial charge on any atom is 0.183 e. The van der Waals surface area contributed by atoms with Gasteiger partial charge in [0, 0.05) is 12.2 Å². The minimum absolute atomic E-state index is 0.0801. The molecule has 1 aliphatic heterocycles. The molecule has 186 valence electrons. The molecule has 0 radical (unpaired) electrons. The highest BCUT2D eigenvalue weighted by Gasteiger charge is 2.67. The van der Waals surface area contributed by atoms with Crippen LogP contribution in [-0.4, -0.2) is 24.9 Å². The SMILES string of the molecule is CC(C)C1=C[C@@]23CC[C@H]4[C@](C)(CO)CCC[C@]4(C)[C@H]2C[C@@H]1[C@H]1COC(c2ccccc2)OC[C@H]13. The van der Waals surface area contributed by atoms with Crippen molar-refractivity contribution in [3.63, 3.8) is 0 Å². The highest BCUT2D eigenvalue weighted by atomic mass is 16.7. The number of rotatable bonds is 3. The van der Waals surface area contributed by atoms with Crippen LogP contribution in [0.15, 0.2) is 42.0 Å². The molecule has 0 amide bonds. The Balaban J connectivity index is 1.39. The van der Waals surface area contributed by atoms with Gasteiger partial charge in [0.1, 0.15) is 0 Å². The fraction of sp³-hybridized carbons (Fsp3) is 0.742. The normalized spacial score (nSPS) is 47.9. The van der Waals surface area contributed by atoms with E-state index >= 15 is 0 Å². The number of ether oxygens (including phenoxy) is 2. The van der Waals surface area contributed by atoms with Crippen LogP contribution >= 0.6 is 0 Å². The lowest BCUT2D eigenvalue weighted by atomic mass is 9.34. The zero-order valence-electron chi connectivity index (χ0n) is 21.6. The minimum atomic E-state index is -0.247. The highest BCUT2D eigenvalue weighted by molar-refractivity contribution is 5.32. The van der Waals surface area contributed by atoms with E-state index in [9.17, 15) is 5.11 Å². The van der Waals surface area contributed by atoms with Crippen LogP contribution in [0.25, 0.3) is 0 Å². The van der Waals surface area contributed by atoms with Crippen LogP contribution in [0.2, 0.25) is 0 Å². The Morgan fingerprint density at radius 1 is 1.00 bits per heavy atom. The minimum Gasteiger partial charge on any atom is -0.396 e. The average Bonchev–Trinajstić information content (AvgIpc) is 3.09. The molecule has 4 fully saturated rings. The third kappa shape index (κ3) is 3.19. The number of allylic oxidation sites excluding steroid dienone is 2. The van der Waals surface area contributed by atoms with E-state index in [0.29, 0.717) is 47.5 Å². The van der Waals surface area contributed by atoms with Crippen LogP contribution in [0.1, 0.15) is 78.1 Å². The van der Waals surface area contributed by atoms with Crippen molar-refractivity contribution in [1.29, 1.82) is 0 Å². The van der Waals surface area contributed by atoms with Crippen molar-refractivity contribution in [3.05, 3.63) is 47.5 Å². The third-order valence-corrected chi connectivity index (χ3v) is 11.5. The third-order valence-electron chi connectivity index (χ3n) is 11.5. The van der Waals surface area contributed by atoms with Crippen molar-refractivity contribution >= 4 is 0 Å². The molecular formula is C31H44O3. The number of benzene rings is 1. The van der Waals surface area contributed by atoms with Gasteiger partial charge >= 0.3 is 0 Å². The largest absolute Gasteiger partial charge is 0.396 e. The second kappa shape index (κ2) is 8.18. The second-order valence-corrected chi connectivity index (χ2v) is 13.2. The fourth-order valence-corrected chi connectivity index (χ4v) is 9.95. The predicted molar refractivity (Wildman–Crippen MR) is 135 cm³/mol. The van der Waals surface area contributed by atoms with Gasteiger partial charge in [0.25, 0.3) is 0 Å². The molecule has 1 aromatic rings. The maximum absolute atomic E-state index is 10.5. The van der Waals surface area contributed by atoms with Crippen molar-refractivity contribution < 1.29 is 14.6 Å². The van der Waals surface area contributed by atoms with Crippen molar-refractivity contribution in [1.82, 2.24) is 0 Å². The van der Waals surface area contributed by atoms with E-state index < -0.39 is 0 Å². The Hall–Kier alpha value is -1.16. The van der Waals surface area contributed by atoms with Gasteiger partial charge in [-0.1, -0.05) is 76.1 Å². The molecule has 0 aromatic heterocycles. The van der Waals surface area contributed by atoms with Gasteiger partial charge in [0.15, 0.2) is 6.29 Å². The number of fused-ring (bicyclic) bond motifs is 1. The van der Waals surface area contributed by atoms with E-state index in [2.05, 4.69) is 64.1 Å². The lowest BCUT2D eigenvalue weighted by molar-refractivity contribution is -0.195. The summed E-state index contributed by atoms with van der Waals surface area (Å²) in [6, 6.07) is 10.5. The summed E-state index contributed by atoms with van der Waals surface area (Å²) >= 11 is 0. The first-order valence-electron chi connectivity index (χ1n) is 13.9. The topological polar surface area (TPSA) is 38.7 Å². The molecule has 5 aliphatic carbocycles. The van der Waals surface area contributed by atoms with Gasteiger partial charge in [-0.25, -0.2) is 0 Å². The Labute approximate surface area is 206 Å². The zero-order valence-corrected chi connectivity index (χ0v) is 21.6. The summed E-state index contributed by atoms with van der Waals surface area (Å²) in [5.74, 6) is 3.61. The van der Waals surface area contributed by atoms with E-state index in [1.807, 2.05) is 0 Å². The van der Waals surface area contributed by atoms with E-state index in [1.54, 1.807) is 5.57 Å². The number of aliphatic hydroxyl groups is 1. The molecule has 3 saturated carbocycles. The molecule has 1 saturated heterocycles. The molecule has 1 unspecified atom stereocenters. The molecule has 1 aromatic carbocycles. The molecule has 2 bridgehead atoms. The van der Waals surface area contributed by atoms with Crippen molar-refractivity contribution in [3.8, 4) is 0 Å². The van der Waals surface area contributed by atoms with E-state index in [4.69, 9.17) is 9.47 Å². The summed E-state index contributed by atoms with van der Waals surface area (Å²) < 4.78 is 13.1. The van der Waals surface area contributed by atoms with Crippen molar-refractivity contribution in [2.24, 2.45) is 51.8 Å². The summed E-state index contributed by atoms with van der Waals surface area (Å²) in [6.45, 7) is 11.7. The van der Waals surface area contributed by atoms with Crippen molar-refractivity contribution in [2.45, 2.75) is 72.5 Å². The average molecular weight is 465 g/mol. The summed E-state index contributed by atoms with van der Waals surface area (Å²) in [4.78, 5) is 0. The van der Waals surface area contributed by atoms with Gasteiger partial charge in [0.2, 0.25) is 0 Å². The molecule has 1 heterocycles. The van der Waals surface area contributed by atoms with E-state index in [-0.39, 0.29) is 17.1 Å². The lowest BCUT2D eigenvalue weighted by Crippen LogP contribution is -2.65. The van der Waals surface area contributed by atoms with Gasteiger partial charge in [0.05, 0.1) is 13.2 Å². The van der Waals surface area contributed by atoms with Crippen LogP contribution in [0.4, 0.5) is 0 Å². The molecule has 9 atom stereocenters.